The maximum atomic E-state index is 12.2. The number of aryl methyl sites for hydroxylation is 1. The van der Waals surface area contributed by atoms with E-state index in [4.69, 9.17) is 4.74 Å². The number of amides is 1. The lowest BCUT2D eigenvalue weighted by Crippen LogP contribution is -2.53. The summed E-state index contributed by atoms with van der Waals surface area (Å²) in [6, 6.07) is 15.7. The van der Waals surface area contributed by atoms with Crippen LogP contribution < -0.4 is 20.3 Å². The molecule has 0 radical (unpaired) electrons. The van der Waals surface area contributed by atoms with Crippen LogP contribution in [0.25, 0.3) is 0 Å². The number of benzene rings is 2. The zero-order valence-corrected chi connectivity index (χ0v) is 20.8. The first-order chi connectivity index (χ1) is 14.6. The highest BCUT2D eigenvalue weighted by Gasteiger charge is 2.21. The molecule has 8 heteroatoms. The topological polar surface area (TPSA) is 69.2 Å². The van der Waals surface area contributed by atoms with Crippen LogP contribution in [0.4, 0.5) is 5.69 Å². The van der Waals surface area contributed by atoms with Crippen molar-refractivity contribution in [1.29, 1.82) is 0 Å². The second-order valence-electron chi connectivity index (χ2n) is 7.25. The third-order valence-corrected chi connectivity index (χ3v) is 5.19. The van der Waals surface area contributed by atoms with E-state index in [0.717, 1.165) is 49.1 Å². The first-order valence-electron chi connectivity index (χ1n) is 10.3. The number of para-hydroxylation sites is 2. The number of methoxy groups -OCH3 is 1. The molecular weight excluding hydrogens is 505 g/mol. The van der Waals surface area contributed by atoms with Gasteiger partial charge in [-0.25, -0.2) is 0 Å². The van der Waals surface area contributed by atoms with Gasteiger partial charge in [0.05, 0.1) is 12.8 Å². The van der Waals surface area contributed by atoms with E-state index in [1.54, 1.807) is 14.2 Å². The molecule has 2 aromatic carbocycles. The Balaban J connectivity index is 0.00000341. The molecule has 3 rings (SSSR count). The number of anilines is 1. The number of halogens is 1. The van der Waals surface area contributed by atoms with Crippen LogP contribution in [-0.2, 0) is 0 Å². The number of ether oxygens (including phenoxy) is 1. The summed E-state index contributed by atoms with van der Waals surface area (Å²) < 4.78 is 5.49. The lowest BCUT2D eigenvalue weighted by molar-refractivity contribution is 0.0954. The van der Waals surface area contributed by atoms with Crippen molar-refractivity contribution in [2.75, 3.05) is 58.3 Å². The van der Waals surface area contributed by atoms with Crippen molar-refractivity contribution in [3.05, 3.63) is 59.7 Å². The highest BCUT2D eigenvalue weighted by atomic mass is 127. The van der Waals surface area contributed by atoms with Crippen LogP contribution in [0.3, 0.4) is 0 Å². The van der Waals surface area contributed by atoms with E-state index in [1.807, 2.05) is 49.4 Å². The average molecular weight is 537 g/mol. The molecular formula is C23H32IN5O2. The molecule has 1 aliphatic heterocycles. The van der Waals surface area contributed by atoms with Crippen LogP contribution in [-0.4, -0.2) is 70.2 Å². The van der Waals surface area contributed by atoms with Crippen molar-refractivity contribution in [2.24, 2.45) is 4.99 Å². The van der Waals surface area contributed by atoms with Gasteiger partial charge in [-0.15, -0.1) is 24.0 Å². The second-order valence-corrected chi connectivity index (χ2v) is 7.25. The van der Waals surface area contributed by atoms with Crippen molar-refractivity contribution in [2.45, 2.75) is 6.92 Å². The zero-order chi connectivity index (χ0) is 21.3. The van der Waals surface area contributed by atoms with Gasteiger partial charge in [-0.1, -0.05) is 29.8 Å². The van der Waals surface area contributed by atoms with Crippen LogP contribution in [0.5, 0.6) is 5.75 Å². The van der Waals surface area contributed by atoms with E-state index in [2.05, 4.69) is 31.5 Å². The fourth-order valence-corrected chi connectivity index (χ4v) is 3.62. The van der Waals surface area contributed by atoms with E-state index in [9.17, 15) is 4.79 Å². The number of rotatable bonds is 6. The molecule has 1 amide bonds. The molecule has 168 valence electrons. The van der Waals surface area contributed by atoms with Gasteiger partial charge in [0.25, 0.3) is 5.91 Å². The molecule has 0 spiro atoms. The third kappa shape index (κ3) is 6.75. The molecule has 2 aromatic rings. The third-order valence-electron chi connectivity index (χ3n) is 5.19. The summed E-state index contributed by atoms with van der Waals surface area (Å²) in [6.07, 6.45) is 0. The standard InChI is InChI=1S/C23H31N5O2.HI/c1-18-7-6-8-19(17-18)22(29)25-11-12-26-23(24-2)28-15-13-27(14-16-28)20-9-4-5-10-21(20)30-3;/h4-10,17H,11-16H2,1-3H3,(H,24,26)(H,25,29);1H. The molecule has 0 unspecified atom stereocenters. The smallest absolute Gasteiger partial charge is 0.251 e. The van der Waals surface area contributed by atoms with Gasteiger partial charge in [-0.2, -0.15) is 0 Å². The quantitative estimate of drug-likeness (QED) is 0.257. The van der Waals surface area contributed by atoms with E-state index >= 15 is 0 Å². The minimum absolute atomic E-state index is 0. The summed E-state index contributed by atoms with van der Waals surface area (Å²) in [7, 11) is 3.50. The first-order valence-corrected chi connectivity index (χ1v) is 10.3. The zero-order valence-electron chi connectivity index (χ0n) is 18.4. The Morgan fingerprint density at radius 3 is 2.42 bits per heavy atom. The second kappa shape index (κ2) is 12.4. The maximum absolute atomic E-state index is 12.2. The molecule has 0 atom stereocenters. The Kier molecular flexibility index (Phi) is 9.90. The Hall–Kier alpha value is -2.49. The van der Waals surface area contributed by atoms with E-state index < -0.39 is 0 Å². The minimum Gasteiger partial charge on any atom is -0.495 e. The molecule has 31 heavy (non-hydrogen) atoms. The largest absolute Gasteiger partial charge is 0.495 e. The monoisotopic (exact) mass is 537 g/mol. The lowest BCUT2D eigenvalue weighted by Gasteiger charge is -2.38. The molecule has 7 nitrogen and oxygen atoms in total. The lowest BCUT2D eigenvalue weighted by atomic mass is 10.1. The Morgan fingerprint density at radius 2 is 1.74 bits per heavy atom. The first kappa shape index (κ1) is 24.8. The summed E-state index contributed by atoms with van der Waals surface area (Å²) >= 11 is 0. The molecule has 2 N–H and O–H groups in total. The van der Waals surface area contributed by atoms with Gasteiger partial charge >= 0.3 is 0 Å². The van der Waals surface area contributed by atoms with Gasteiger partial charge in [0.15, 0.2) is 5.96 Å². The fraction of sp³-hybridized carbons (Fsp3) is 0.391. The SMILES string of the molecule is CN=C(NCCNC(=O)c1cccc(C)c1)N1CCN(c2ccccc2OC)CC1.I. The fourth-order valence-electron chi connectivity index (χ4n) is 3.62. The van der Waals surface area contributed by atoms with Crippen LogP contribution in [0.15, 0.2) is 53.5 Å². The van der Waals surface area contributed by atoms with Crippen molar-refractivity contribution in [3.8, 4) is 5.75 Å². The molecule has 0 aromatic heterocycles. The summed E-state index contributed by atoms with van der Waals surface area (Å²) in [5.41, 5.74) is 2.89. The molecule has 1 saturated heterocycles. The van der Waals surface area contributed by atoms with Gasteiger partial charge in [-0.3, -0.25) is 9.79 Å². The van der Waals surface area contributed by atoms with Crippen LogP contribution in [0.1, 0.15) is 15.9 Å². The van der Waals surface area contributed by atoms with Gasteiger partial charge in [0, 0.05) is 51.9 Å². The Bertz CT molecular complexity index is 882. The maximum Gasteiger partial charge on any atom is 0.251 e. The number of aliphatic imine (C=N–C) groups is 1. The molecule has 0 saturated carbocycles. The summed E-state index contributed by atoms with van der Waals surface area (Å²) in [6.45, 7) is 6.66. The minimum atomic E-state index is -0.0547. The number of nitrogens with zero attached hydrogens (tertiary/aromatic N) is 3. The Morgan fingerprint density at radius 1 is 1.03 bits per heavy atom. The van der Waals surface area contributed by atoms with Crippen molar-refractivity contribution < 1.29 is 9.53 Å². The van der Waals surface area contributed by atoms with Gasteiger partial charge < -0.3 is 25.2 Å². The van der Waals surface area contributed by atoms with Gasteiger partial charge in [-0.05, 0) is 31.2 Å². The number of hydrogen-bond acceptors (Lipinski definition) is 4. The Labute approximate surface area is 201 Å². The summed E-state index contributed by atoms with van der Waals surface area (Å²) in [4.78, 5) is 21.2. The highest BCUT2D eigenvalue weighted by molar-refractivity contribution is 14.0. The van der Waals surface area contributed by atoms with Gasteiger partial charge in [0.1, 0.15) is 5.75 Å². The number of hydrogen-bond donors (Lipinski definition) is 2. The molecule has 1 aliphatic rings. The normalized spacial score (nSPS) is 14.0. The predicted octanol–water partition coefficient (Wildman–Crippen LogP) is 2.75. The number of carbonyl (C=O) groups is 1. The predicted molar refractivity (Wildman–Crippen MR) is 137 cm³/mol. The highest BCUT2D eigenvalue weighted by Crippen LogP contribution is 2.28. The van der Waals surface area contributed by atoms with Crippen molar-refractivity contribution in [1.82, 2.24) is 15.5 Å². The number of nitrogens with one attached hydrogen (secondary N) is 2. The van der Waals surface area contributed by atoms with Crippen LogP contribution in [0, 0.1) is 6.92 Å². The average Bonchev–Trinajstić information content (AvgIpc) is 2.79. The van der Waals surface area contributed by atoms with Crippen LogP contribution >= 0.6 is 24.0 Å². The summed E-state index contributed by atoms with van der Waals surface area (Å²) in [5.74, 6) is 1.71. The number of carbonyl (C=O) groups excluding carboxylic acids is 1. The van der Waals surface area contributed by atoms with Crippen LogP contribution in [0.2, 0.25) is 0 Å². The van der Waals surface area contributed by atoms with Crippen molar-refractivity contribution >= 4 is 41.5 Å². The molecule has 1 heterocycles. The van der Waals surface area contributed by atoms with E-state index in [0.29, 0.717) is 18.7 Å². The molecule has 0 bridgehead atoms. The summed E-state index contributed by atoms with van der Waals surface area (Å²) in [5, 5.41) is 6.31. The molecule has 1 fully saturated rings. The van der Waals surface area contributed by atoms with E-state index in [1.165, 1.54) is 0 Å². The van der Waals surface area contributed by atoms with Gasteiger partial charge in [0.2, 0.25) is 0 Å². The number of piperazine rings is 1. The van der Waals surface area contributed by atoms with Crippen molar-refractivity contribution in [3.63, 3.8) is 0 Å². The number of guanidine groups is 1. The molecule has 0 aliphatic carbocycles. The van der Waals surface area contributed by atoms with E-state index in [-0.39, 0.29) is 29.9 Å².